The lowest BCUT2D eigenvalue weighted by Crippen LogP contribution is -2.49. The summed E-state index contributed by atoms with van der Waals surface area (Å²) in [6.45, 7) is 1.11. The van der Waals surface area contributed by atoms with E-state index < -0.39 is 47.1 Å². The zero-order valence-electron chi connectivity index (χ0n) is 22.2. The van der Waals surface area contributed by atoms with E-state index in [2.05, 4.69) is 9.97 Å². The average molecular weight is 587 g/mol. The number of rotatable bonds is 7. The Bertz CT molecular complexity index is 1490. The third kappa shape index (κ3) is 6.11. The number of halogens is 4. The molecule has 2 aromatic carbocycles. The monoisotopic (exact) mass is 586 g/mol. The van der Waals surface area contributed by atoms with Crippen LogP contribution in [0, 0.1) is 5.82 Å². The second-order valence-electron chi connectivity index (χ2n) is 9.88. The number of hydrogen-bond acceptors (Lipinski definition) is 7. The molecule has 10 nitrogen and oxygen atoms in total. The van der Waals surface area contributed by atoms with Crippen LogP contribution in [0.2, 0.25) is 0 Å². The molecule has 0 saturated carbocycles. The van der Waals surface area contributed by atoms with Crippen LogP contribution in [0.3, 0.4) is 0 Å². The maximum atomic E-state index is 15.1. The van der Waals surface area contributed by atoms with Crippen LogP contribution in [0.4, 0.5) is 34.0 Å². The van der Waals surface area contributed by atoms with Gasteiger partial charge in [0.25, 0.3) is 5.91 Å². The fourth-order valence-corrected chi connectivity index (χ4v) is 4.91. The summed E-state index contributed by atoms with van der Waals surface area (Å²) in [6, 6.07) is 8.97. The summed E-state index contributed by atoms with van der Waals surface area (Å²) >= 11 is 0. The second-order valence-corrected chi connectivity index (χ2v) is 9.88. The molecule has 2 aliphatic rings. The van der Waals surface area contributed by atoms with Crippen LogP contribution in [0.15, 0.2) is 54.9 Å². The first kappa shape index (κ1) is 28.8. The van der Waals surface area contributed by atoms with E-state index in [1.54, 1.807) is 11.0 Å². The number of nitrogens with zero attached hydrogens (tertiary/aromatic N) is 5. The molecule has 2 N–H and O–H groups in total. The Morgan fingerprint density at radius 1 is 1.02 bits per heavy atom. The van der Waals surface area contributed by atoms with Crippen molar-refractivity contribution in [1.82, 2.24) is 14.9 Å². The Morgan fingerprint density at radius 2 is 1.71 bits per heavy atom. The average Bonchev–Trinajstić information content (AvgIpc) is 3.35. The van der Waals surface area contributed by atoms with Crippen LogP contribution >= 0.6 is 0 Å². The number of anilines is 2. The summed E-state index contributed by atoms with van der Waals surface area (Å²) in [7, 11) is 0. The molecular weight excluding hydrogens is 560 g/mol. The summed E-state index contributed by atoms with van der Waals surface area (Å²) in [5, 5.41) is 0. The van der Waals surface area contributed by atoms with E-state index >= 15 is 4.39 Å². The molecule has 3 heterocycles. The van der Waals surface area contributed by atoms with Crippen LogP contribution in [-0.4, -0.2) is 71.6 Å². The molecule has 0 aliphatic carbocycles. The largest absolute Gasteiger partial charge is 0.444 e. The Kier molecular flexibility index (Phi) is 7.96. The first-order chi connectivity index (χ1) is 20.0. The van der Waals surface area contributed by atoms with Crippen molar-refractivity contribution in [2.45, 2.75) is 25.1 Å². The number of aromatic nitrogens is 2. The normalized spacial score (nSPS) is 17.4. The van der Waals surface area contributed by atoms with E-state index in [4.69, 9.17) is 10.5 Å². The number of amides is 3. The fraction of sp³-hybridized carbons (Fsp3) is 0.321. The number of cyclic esters (lactones) is 1. The molecule has 3 aromatic rings. The molecule has 42 heavy (non-hydrogen) atoms. The topological polar surface area (TPSA) is 122 Å². The Morgan fingerprint density at radius 3 is 2.36 bits per heavy atom. The first-order valence-electron chi connectivity index (χ1n) is 13.1. The number of alkyl halides is 3. The standard InChI is InChI=1S/C28H26F4N6O4/c29-23-13-18(38-16-19(42-27(38)41)6-8-24(33)39)5-7-20(23)17-14-34-26(35-15-17)37-11-9-36(10-12-37)25(40)21-3-1-2-4-22(21)28(30,31)32/h1-5,7,13-15,19H,6,8-12,16H2,(H2,33,39). The first-order valence-corrected chi connectivity index (χ1v) is 13.1. The van der Waals surface area contributed by atoms with Crippen molar-refractivity contribution >= 4 is 29.5 Å². The van der Waals surface area contributed by atoms with Gasteiger partial charge in [0, 0.05) is 56.1 Å². The highest BCUT2D eigenvalue weighted by atomic mass is 19.4. The van der Waals surface area contributed by atoms with Crippen molar-refractivity contribution in [3.63, 3.8) is 0 Å². The molecule has 2 saturated heterocycles. The lowest BCUT2D eigenvalue weighted by molar-refractivity contribution is -0.138. The fourth-order valence-electron chi connectivity index (χ4n) is 4.91. The van der Waals surface area contributed by atoms with Crippen molar-refractivity contribution in [2.24, 2.45) is 5.73 Å². The number of carbonyl (C=O) groups excluding carboxylic acids is 3. The summed E-state index contributed by atoms with van der Waals surface area (Å²) in [5.41, 5.74) is 4.68. The summed E-state index contributed by atoms with van der Waals surface area (Å²) in [4.78, 5) is 49.2. The van der Waals surface area contributed by atoms with Gasteiger partial charge in [-0.25, -0.2) is 19.2 Å². The zero-order chi connectivity index (χ0) is 30.0. The highest BCUT2D eigenvalue weighted by Gasteiger charge is 2.37. The molecule has 0 radical (unpaired) electrons. The number of piperazine rings is 1. The van der Waals surface area contributed by atoms with Crippen molar-refractivity contribution < 1.29 is 36.7 Å². The lowest BCUT2D eigenvalue weighted by atomic mass is 10.1. The molecule has 1 atom stereocenters. The van der Waals surface area contributed by atoms with Crippen molar-refractivity contribution in [2.75, 3.05) is 42.5 Å². The van der Waals surface area contributed by atoms with Gasteiger partial charge in [0.1, 0.15) is 11.9 Å². The van der Waals surface area contributed by atoms with Gasteiger partial charge in [-0.1, -0.05) is 12.1 Å². The minimum Gasteiger partial charge on any atom is -0.444 e. The van der Waals surface area contributed by atoms with Gasteiger partial charge in [0.05, 0.1) is 23.4 Å². The van der Waals surface area contributed by atoms with Crippen LogP contribution in [0.1, 0.15) is 28.8 Å². The van der Waals surface area contributed by atoms with E-state index in [1.165, 1.54) is 52.5 Å². The second kappa shape index (κ2) is 11.6. The SMILES string of the molecule is NC(=O)CCC1CN(c2ccc(-c3cnc(N4CCN(C(=O)c5ccccc5C(F)(F)F)CC4)nc3)c(F)c2)C(=O)O1. The van der Waals surface area contributed by atoms with Crippen molar-refractivity contribution in [3.8, 4) is 11.1 Å². The number of benzene rings is 2. The van der Waals surface area contributed by atoms with Crippen LogP contribution in [-0.2, 0) is 15.7 Å². The molecule has 2 aliphatic heterocycles. The van der Waals surface area contributed by atoms with Gasteiger partial charge >= 0.3 is 12.3 Å². The molecular formula is C28H26F4N6O4. The number of nitrogens with two attached hydrogens (primary N) is 1. The molecule has 220 valence electrons. The van der Waals surface area contributed by atoms with Crippen LogP contribution in [0.5, 0.6) is 0 Å². The van der Waals surface area contributed by atoms with Crippen molar-refractivity contribution in [3.05, 3.63) is 71.8 Å². The highest BCUT2D eigenvalue weighted by Crippen LogP contribution is 2.33. The number of carbonyl (C=O) groups is 3. The highest BCUT2D eigenvalue weighted by molar-refractivity contribution is 5.96. The summed E-state index contributed by atoms with van der Waals surface area (Å²) in [5.74, 6) is -1.47. The summed E-state index contributed by atoms with van der Waals surface area (Å²) < 4.78 is 60.4. The number of primary amides is 1. The quantitative estimate of drug-likeness (QED) is 0.418. The minimum atomic E-state index is -4.64. The van der Waals surface area contributed by atoms with Crippen LogP contribution in [0.25, 0.3) is 11.1 Å². The van der Waals surface area contributed by atoms with E-state index in [-0.39, 0.29) is 38.0 Å². The predicted octanol–water partition coefficient (Wildman–Crippen LogP) is 3.85. The smallest absolute Gasteiger partial charge is 0.417 e. The van der Waals surface area contributed by atoms with Gasteiger partial charge in [-0.3, -0.25) is 14.5 Å². The van der Waals surface area contributed by atoms with E-state index in [0.29, 0.717) is 30.3 Å². The Balaban J connectivity index is 1.21. The molecule has 0 bridgehead atoms. The van der Waals surface area contributed by atoms with Gasteiger partial charge in [-0.15, -0.1) is 0 Å². The molecule has 1 unspecified atom stereocenters. The molecule has 1 aromatic heterocycles. The Hall–Kier alpha value is -4.75. The summed E-state index contributed by atoms with van der Waals surface area (Å²) in [6.07, 6.45) is -2.57. The zero-order valence-corrected chi connectivity index (χ0v) is 22.2. The molecule has 3 amide bonds. The molecule has 5 rings (SSSR count). The maximum Gasteiger partial charge on any atom is 0.417 e. The maximum absolute atomic E-state index is 15.1. The van der Waals surface area contributed by atoms with Gasteiger partial charge in [0.15, 0.2) is 0 Å². The van der Waals surface area contributed by atoms with E-state index in [1.807, 2.05) is 0 Å². The van der Waals surface area contributed by atoms with Gasteiger partial charge in [0.2, 0.25) is 11.9 Å². The number of ether oxygens (including phenoxy) is 1. The number of hydrogen-bond donors (Lipinski definition) is 1. The van der Waals surface area contributed by atoms with Crippen LogP contribution < -0.4 is 15.5 Å². The third-order valence-corrected chi connectivity index (χ3v) is 7.11. The van der Waals surface area contributed by atoms with Gasteiger partial charge in [-0.2, -0.15) is 13.2 Å². The predicted molar refractivity (Wildman–Crippen MR) is 143 cm³/mol. The molecule has 2 fully saturated rings. The Labute approximate surface area is 237 Å². The minimum absolute atomic E-state index is 0.0688. The van der Waals surface area contributed by atoms with E-state index in [0.717, 1.165) is 6.07 Å². The van der Waals surface area contributed by atoms with Crippen molar-refractivity contribution in [1.29, 1.82) is 0 Å². The van der Waals surface area contributed by atoms with E-state index in [9.17, 15) is 27.6 Å². The molecule has 14 heteroatoms. The lowest BCUT2D eigenvalue weighted by Gasteiger charge is -2.35. The molecule has 0 spiro atoms. The van der Waals surface area contributed by atoms with Gasteiger partial charge < -0.3 is 20.3 Å². The van der Waals surface area contributed by atoms with Gasteiger partial charge in [-0.05, 0) is 36.8 Å². The third-order valence-electron chi connectivity index (χ3n) is 7.11.